The fourth-order valence-corrected chi connectivity index (χ4v) is 2.23. The molecule has 1 N–H and O–H groups in total. The zero-order valence-corrected chi connectivity index (χ0v) is 12.0. The van der Waals surface area contributed by atoms with Crippen LogP contribution in [0.4, 0.5) is 0 Å². The topological polar surface area (TPSA) is 41.6 Å². The molecule has 0 bridgehead atoms. The molecule has 0 atom stereocenters. The summed E-state index contributed by atoms with van der Waals surface area (Å²) in [5.41, 5.74) is 1.79. The maximum absolute atomic E-state index is 11.5. The minimum Gasteiger partial charge on any atom is -0.465 e. The molecule has 0 aromatic heterocycles. The molecule has 1 heterocycles. The standard InChI is InChI=1S/C14H20N2O2.ClH/c1-18-14(17)13-5-2-4-12(10-13)11-16-8-3-6-15-7-9-16;/h2,4-5,10,15H,3,6-9,11H2,1H3;1H. The van der Waals surface area contributed by atoms with Crippen molar-refractivity contribution >= 4 is 18.4 Å². The van der Waals surface area contributed by atoms with Gasteiger partial charge in [-0.25, -0.2) is 4.79 Å². The number of esters is 1. The fraction of sp³-hybridized carbons (Fsp3) is 0.500. The molecule has 1 aliphatic heterocycles. The van der Waals surface area contributed by atoms with Crippen molar-refractivity contribution in [2.45, 2.75) is 13.0 Å². The van der Waals surface area contributed by atoms with Gasteiger partial charge in [0.2, 0.25) is 0 Å². The largest absolute Gasteiger partial charge is 0.465 e. The smallest absolute Gasteiger partial charge is 0.337 e. The van der Waals surface area contributed by atoms with Gasteiger partial charge in [-0.15, -0.1) is 12.4 Å². The van der Waals surface area contributed by atoms with E-state index in [1.807, 2.05) is 12.1 Å². The molecule has 0 radical (unpaired) electrons. The molecule has 1 aromatic rings. The van der Waals surface area contributed by atoms with Crippen LogP contribution in [0.2, 0.25) is 0 Å². The number of methoxy groups -OCH3 is 1. The number of rotatable bonds is 3. The second-order valence-electron chi connectivity index (χ2n) is 4.57. The lowest BCUT2D eigenvalue weighted by Crippen LogP contribution is -2.27. The number of carbonyl (C=O) groups is 1. The van der Waals surface area contributed by atoms with Gasteiger partial charge in [-0.3, -0.25) is 4.90 Å². The molecule has 1 aromatic carbocycles. The van der Waals surface area contributed by atoms with Crippen LogP contribution < -0.4 is 5.32 Å². The molecule has 0 saturated carbocycles. The predicted octanol–water partition coefficient (Wildman–Crippen LogP) is 1.69. The first-order valence-electron chi connectivity index (χ1n) is 6.40. The average Bonchev–Trinajstić information content (AvgIpc) is 2.67. The molecule has 106 valence electrons. The van der Waals surface area contributed by atoms with Gasteiger partial charge in [0.1, 0.15) is 0 Å². The van der Waals surface area contributed by atoms with Gasteiger partial charge in [-0.1, -0.05) is 12.1 Å². The molecule has 5 heteroatoms. The predicted molar refractivity (Wildman–Crippen MR) is 77.8 cm³/mol. The number of hydrogen-bond donors (Lipinski definition) is 1. The van der Waals surface area contributed by atoms with Gasteiger partial charge in [0.05, 0.1) is 12.7 Å². The summed E-state index contributed by atoms with van der Waals surface area (Å²) in [4.78, 5) is 13.9. The van der Waals surface area contributed by atoms with Crippen molar-refractivity contribution in [1.82, 2.24) is 10.2 Å². The van der Waals surface area contributed by atoms with Gasteiger partial charge >= 0.3 is 5.97 Å². The third-order valence-corrected chi connectivity index (χ3v) is 3.19. The van der Waals surface area contributed by atoms with E-state index in [4.69, 9.17) is 4.74 Å². The molecule has 1 saturated heterocycles. The van der Waals surface area contributed by atoms with Crippen LogP contribution in [0.15, 0.2) is 24.3 Å². The first-order chi connectivity index (χ1) is 8.79. The van der Waals surface area contributed by atoms with Crippen LogP contribution in [0.5, 0.6) is 0 Å². The van der Waals surface area contributed by atoms with Crippen molar-refractivity contribution in [3.05, 3.63) is 35.4 Å². The maximum Gasteiger partial charge on any atom is 0.337 e. The Labute approximate surface area is 120 Å². The summed E-state index contributed by atoms with van der Waals surface area (Å²) < 4.78 is 4.74. The molecular formula is C14H21ClN2O2. The Morgan fingerprint density at radius 1 is 1.37 bits per heavy atom. The van der Waals surface area contributed by atoms with Gasteiger partial charge in [-0.2, -0.15) is 0 Å². The van der Waals surface area contributed by atoms with Crippen molar-refractivity contribution in [2.75, 3.05) is 33.3 Å². The molecule has 2 rings (SSSR count). The Bertz CT molecular complexity index is 404. The quantitative estimate of drug-likeness (QED) is 0.858. The van der Waals surface area contributed by atoms with Crippen molar-refractivity contribution in [2.24, 2.45) is 0 Å². The number of nitrogens with zero attached hydrogens (tertiary/aromatic N) is 1. The monoisotopic (exact) mass is 284 g/mol. The first kappa shape index (κ1) is 16.0. The molecule has 1 aliphatic rings. The van der Waals surface area contributed by atoms with Crippen LogP contribution in [0.1, 0.15) is 22.3 Å². The number of carbonyl (C=O) groups excluding carboxylic acids is 1. The normalized spacial score (nSPS) is 16.3. The van der Waals surface area contributed by atoms with E-state index in [1.165, 1.54) is 19.1 Å². The molecule has 0 aliphatic carbocycles. The van der Waals surface area contributed by atoms with Gasteiger partial charge in [0.15, 0.2) is 0 Å². The zero-order valence-electron chi connectivity index (χ0n) is 11.2. The Balaban J connectivity index is 0.00000180. The summed E-state index contributed by atoms with van der Waals surface area (Å²) in [5.74, 6) is -0.269. The van der Waals surface area contributed by atoms with E-state index in [1.54, 1.807) is 6.07 Å². The maximum atomic E-state index is 11.5. The van der Waals surface area contributed by atoms with E-state index in [-0.39, 0.29) is 18.4 Å². The lowest BCUT2D eigenvalue weighted by Gasteiger charge is -2.19. The van der Waals surface area contributed by atoms with Crippen molar-refractivity contribution in [3.8, 4) is 0 Å². The van der Waals surface area contributed by atoms with E-state index in [9.17, 15) is 4.79 Å². The van der Waals surface area contributed by atoms with Gasteiger partial charge in [0, 0.05) is 19.6 Å². The van der Waals surface area contributed by atoms with E-state index in [0.717, 1.165) is 32.7 Å². The Hall–Kier alpha value is -1.10. The van der Waals surface area contributed by atoms with Crippen molar-refractivity contribution in [3.63, 3.8) is 0 Å². The van der Waals surface area contributed by atoms with Gasteiger partial charge in [0.25, 0.3) is 0 Å². The number of halogens is 1. The highest BCUT2D eigenvalue weighted by atomic mass is 35.5. The van der Waals surface area contributed by atoms with Crippen LogP contribution in [0.3, 0.4) is 0 Å². The summed E-state index contributed by atoms with van der Waals surface area (Å²) in [7, 11) is 1.41. The van der Waals surface area contributed by atoms with E-state index in [2.05, 4.69) is 16.3 Å². The minimum atomic E-state index is -0.269. The van der Waals surface area contributed by atoms with Crippen LogP contribution in [0.25, 0.3) is 0 Å². The second-order valence-corrected chi connectivity index (χ2v) is 4.57. The summed E-state index contributed by atoms with van der Waals surface area (Å²) in [5, 5.41) is 3.39. The first-order valence-corrected chi connectivity index (χ1v) is 6.40. The molecule has 1 fully saturated rings. The van der Waals surface area contributed by atoms with E-state index >= 15 is 0 Å². The Morgan fingerprint density at radius 2 is 2.21 bits per heavy atom. The van der Waals surface area contributed by atoms with E-state index < -0.39 is 0 Å². The van der Waals surface area contributed by atoms with Crippen LogP contribution in [-0.2, 0) is 11.3 Å². The lowest BCUT2D eigenvalue weighted by molar-refractivity contribution is 0.0600. The molecular weight excluding hydrogens is 264 g/mol. The highest BCUT2D eigenvalue weighted by molar-refractivity contribution is 5.89. The van der Waals surface area contributed by atoms with Gasteiger partial charge in [-0.05, 0) is 37.2 Å². The summed E-state index contributed by atoms with van der Waals surface area (Å²) in [6.45, 7) is 5.19. The van der Waals surface area contributed by atoms with Crippen LogP contribution >= 0.6 is 12.4 Å². The summed E-state index contributed by atoms with van der Waals surface area (Å²) >= 11 is 0. The molecule has 0 unspecified atom stereocenters. The zero-order chi connectivity index (χ0) is 12.8. The second kappa shape index (κ2) is 8.15. The molecule has 0 amide bonds. The van der Waals surface area contributed by atoms with Gasteiger partial charge < -0.3 is 10.1 Å². The highest BCUT2D eigenvalue weighted by Gasteiger charge is 2.10. The number of benzene rings is 1. The minimum absolute atomic E-state index is 0. The number of hydrogen-bond acceptors (Lipinski definition) is 4. The Kier molecular flexibility index (Phi) is 6.84. The molecule has 19 heavy (non-hydrogen) atoms. The third-order valence-electron chi connectivity index (χ3n) is 3.19. The number of nitrogens with one attached hydrogen (secondary N) is 1. The summed E-state index contributed by atoms with van der Waals surface area (Å²) in [6, 6.07) is 7.69. The lowest BCUT2D eigenvalue weighted by atomic mass is 10.1. The molecule has 0 spiro atoms. The summed E-state index contributed by atoms with van der Waals surface area (Å²) in [6.07, 6.45) is 1.18. The van der Waals surface area contributed by atoms with Crippen LogP contribution in [0, 0.1) is 0 Å². The highest BCUT2D eigenvalue weighted by Crippen LogP contribution is 2.10. The Morgan fingerprint density at radius 3 is 3.00 bits per heavy atom. The van der Waals surface area contributed by atoms with Crippen molar-refractivity contribution in [1.29, 1.82) is 0 Å². The molecule has 4 nitrogen and oxygen atoms in total. The SMILES string of the molecule is COC(=O)c1cccc(CN2CCCNCC2)c1.Cl. The number of ether oxygens (including phenoxy) is 1. The van der Waals surface area contributed by atoms with Crippen molar-refractivity contribution < 1.29 is 9.53 Å². The fourth-order valence-electron chi connectivity index (χ4n) is 2.23. The van der Waals surface area contributed by atoms with Crippen LogP contribution in [-0.4, -0.2) is 44.2 Å². The third kappa shape index (κ3) is 4.82. The average molecular weight is 285 g/mol. The van der Waals surface area contributed by atoms with E-state index in [0.29, 0.717) is 5.56 Å².